The lowest BCUT2D eigenvalue weighted by molar-refractivity contribution is -0.114. The van der Waals surface area contributed by atoms with Crippen molar-refractivity contribution in [2.45, 2.75) is 45.9 Å². The van der Waals surface area contributed by atoms with Crippen LogP contribution in [0.2, 0.25) is 0 Å². The van der Waals surface area contributed by atoms with Gasteiger partial charge in [0.05, 0.1) is 39.2 Å². The third-order valence-corrected chi connectivity index (χ3v) is 6.27. The van der Waals surface area contributed by atoms with E-state index in [9.17, 15) is 9.59 Å². The average molecular weight is 600 g/mol. The van der Waals surface area contributed by atoms with Gasteiger partial charge in [-0.25, -0.2) is 4.79 Å². The second-order valence-electron chi connectivity index (χ2n) is 9.88. The number of alkyl carbamates (subject to hydrolysis) is 1. The van der Waals surface area contributed by atoms with Crippen LogP contribution < -0.4 is 20.1 Å². The molecule has 0 unspecified atom stereocenters. The summed E-state index contributed by atoms with van der Waals surface area (Å²) >= 11 is 3.48. The van der Waals surface area contributed by atoms with E-state index in [1.54, 1.807) is 14.2 Å². The molecule has 0 radical (unpaired) electrons. The SMILES string of the molecule is COc1cc([C@H](COCc2ccccc2)NC(=O)OC(C)(C)C)cc(-c2ccc(Br)c(NC(C)=O)c2)c1OC. The number of benzene rings is 3. The van der Waals surface area contributed by atoms with E-state index in [-0.39, 0.29) is 12.5 Å². The molecule has 3 aromatic carbocycles. The molecule has 0 aliphatic heterocycles. The van der Waals surface area contributed by atoms with Gasteiger partial charge < -0.3 is 29.6 Å². The summed E-state index contributed by atoms with van der Waals surface area (Å²) in [6, 6.07) is 18.5. The number of carbonyl (C=O) groups excluding carboxylic acids is 2. The van der Waals surface area contributed by atoms with Gasteiger partial charge in [-0.15, -0.1) is 0 Å². The van der Waals surface area contributed by atoms with E-state index in [0.29, 0.717) is 29.4 Å². The quantitative estimate of drug-likeness (QED) is 0.264. The highest BCUT2D eigenvalue weighted by Gasteiger charge is 2.24. The van der Waals surface area contributed by atoms with E-state index in [2.05, 4.69) is 26.6 Å². The second-order valence-corrected chi connectivity index (χ2v) is 10.7. The summed E-state index contributed by atoms with van der Waals surface area (Å²) in [5.41, 5.74) is 3.18. The molecule has 2 N–H and O–H groups in total. The molecule has 3 aromatic rings. The Kier molecular flexibility index (Phi) is 10.4. The van der Waals surface area contributed by atoms with Crippen molar-refractivity contribution in [1.29, 1.82) is 0 Å². The van der Waals surface area contributed by atoms with Crippen LogP contribution in [0.3, 0.4) is 0 Å². The van der Waals surface area contributed by atoms with Gasteiger partial charge in [0, 0.05) is 17.0 Å². The molecule has 1 atom stereocenters. The minimum Gasteiger partial charge on any atom is -0.493 e. The van der Waals surface area contributed by atoms with Crippen molar-refractivity contribution in [3.63, 3.8) is 0 Å². The highest BCUT2D eigenvalue weighted by atomic mass is 79.9. The van der Waals surface area contributed by atoms with E-state index in [0.717, 1.165) is 21.2 Å². The van der Waals surface area contributed by atoms with Crippen molar-refractivity contribution in [2.24, 2.45) is 0 Å². The monoisotopic (exact) mass is 598 g/mol. The summed E-state index contributed by atoms with van der Waals surface area (Å²) in [4.78, 5) is 24.5. The molecular formula is C30H35BrN2O6. The van der Waals surface area contributed by atoms with Crippen LogP contribution in [0.4, 0.5) is 10.5 Å². The first-order chi connectivity index (χ1) is 18.5. The summed E-state index contributed by atoms with van der Waals surface area (Å²) < 4.78 is 23.7. The molecule has 0 heterocycles. The Morgan fingerprint density at radius 3 is 2.31 bits per heavy atom. The molecule has 39 heavy (non-hydrogen) atoms. The molecule has 0 saturated carbocycles. The lowest BCUT2D eigenvalue weighted by atomic mass is 9.97. The fraction of sp³-hybridized carbons (Fsp3) is 0.333. The highest BCUT2D eigenvalue weighted by molar-refractivity contribution is 9.10. The number of hydrogen-bond donors (Lipinski definition) is 2. The van der Waals surface area contributed by atoms with Crippen LogP contribution in [-0.4, -0.2) is 38.4 Å². The maximum Gasteiger partial charge on any atom is 0.408 e. The van der Waals surface area contributed by atoms with Crippen molar-refractivity contribution in [2.75, 3.05) is 26.1 Å². The highest BCUT2D eigenvalue weighted by Crippen LogP contribution is 2.42. The standard InChI is InChI=1S/C30H35BrN2O6/c1-19(34)32-25-15-21(12-13-24(25)31)23-14-22(16-27(36-5)28(23)37-6)26(33-29(35)39-30(2,3)4)18-38-17-20-10-8-7-9-11-20/h7-16,26H,17-18H2,1-6H3,(H,32,34)(H,33,35)/t26-/m0/s1. The lowest BCUT2D eigenvalue weighted by Crippen LogP contribution is -2.36. The van der Waals surface area contributed by atoms with Crippen molar-refractivity contribution in [1.82, 2.24) is 5.32 Å². The average Bonchev–Trinajstić information content (AvgIpc) is 2.87. The largest absolute Gasteiger partial charge is 0.493 e. The van der Waals surface area contributed by atoms with Crippen molar-refractivity contribution < 1.29 is 28.5 Å². The van der Waals surface area contributed by atoms with Gasteiger partial charge in [0.1, 0.15) is 5.60 Å². The number of anilines is 1. The molecule has 3 rings (SSSR count). The lowest BCUT2D eigenvalue weighted by Gasteiger charge is -2.25. The third kappa shape index (κ3) is 8.73. The number of rotatable bonds is 10. The summed E-state index contributed by atoms with van der Waals surface area (Å²) in [5.74, 6) is 0.801. The third-order valence-electron chi connectivity index (χ3n) is 5.58. The molecule has 8 nitrogen and oxygen atoms in total. The minimum absolute atomic E-state index is 0.181. The Balaban J connectivity index is 2.03. The zero-order chi connectivity index (χ0) is 28.6. The molecule has 0 aromatic heterocycles. The molecule has 0 fully saturated rings. The zero-order valence-corrected chi connectivity index (χ0v) is 24.7. The number of nitrogens with one attached hydrogen (secondary N) is 2. The number of carbonyl (C=O) groups is 2. The first kappa shape index (κ1) is 30.0. The van der Waals surface area contributed by atoms with Gasteiger partial charge in [0.2, 0.25) is 5.91 Å². The van der Waals surface area contributed by atoms with Crippen LogP contribution in [0, 0.1) is 0 Å². The summed E-state index contributed by atoms with van der Waals surface area (Å²) in [5, 5.41) is 5.77. The number of ether oxygens (including phenoxy) is 4. The smallest absolute Gasteiger partial charge is 0.408 e. The van der Waals surface area contributed by atoms with E-state index in [1.807, 2.05) is 81.4 Å². The Morgan fingerprint density at radius 2 is 1.69 bits per heavy atom. The molecule has 0 saturated heterocycles. The molecule has 0 aliphatic carbocycles. The van der Waals surface area contributed by atoms with Gasteiger partial charge in [0.25, 0.3) is 0 Å². The molecule has 0 aliphatic rings. The number of halogens is 1. The van der Waals surface area contributed by atoms with Crippen molar-refractivity contribution in [3.8, 4) is 22.6 Å². The van der Waals surface area contributed by atoms with E-state index in [1.165, 1.54) is 6.92 Å². The second kappa shape index (κ2) is 13.5. The van der Waals surface area contributed by atoms with E-state index < -0.39 is 17.7 Å². The first-order valence-electron chi connectivity index (χ1n) is 12.5. The van der Waals surface area contributed by atoms with Gasteiger partial charge in [0.15, 0.2) is 11.5 Å². The summed E-state index contributed by atoms with van der Waals surface area (Å²) in [7, 11) is 3.12. The van der Waals surface area contributed by atoms with Crippen molar-refractivity contribution in [3.05, 3.63) is 76.3 Å². The van der Waals surface area contributed by atoms with Crippen LogP contribution in [0.25, 0.3) is 11.1 Å². The summed E-state index contributed by atoms with van der Waals surface area (Å²) in [6.07, 6.45) is -0.566. The van der Waals surface area contributed by atoms with Gasteiger partial charge in [-0.2, -0.15) is 0 Å². The fourth-order valence-corrected chi connectivity index (χ4v) is 4.27. The molecule has 0 bridgehead atoms. The Hall–Kier alpha value is -3.56. The maximum absolute atomic E-state index is 12.8. The maximum atomic E-state index is 12.8. The van der Waals surface area contributed by atoms with E-state index in [4.69, 9.17) is 18.9 Å². The van der Waals surface area contributed by atoms with Crippen LogP contribution in [0.15, 0.2) is 65.1 Å². The predicted octanol–water partition coefficient (Wildman–Crippen LogP) is 6.87. The van der Waals surface area contributed by atoms with Gasteiger partial charge in [-0.05, 0) is 77.7 Å². The Bertz CT molecular complexity index is 1290. The van der Waals surface area contributed by atoms with Crippen LogP contribution in [0.5, 0.6) is 11.5 Å². The molecular weight excluding hydrogens is 564 g/mol. The molecule has 2 amide bonds. The van der Waals surface area contributed by atoms with Gasteiger partial charge >= 0.3 is 6.09 Å². The molecule has 0 spiro atoms. The predicted molar refractivity (Wildman–Crippen MR) is 155 cm³/mol. The number of methoxy groups -OCH3 is 2. The van der Waals surface area contributed by atoms with Gasteiger partial charge in [-0.3, -0.25) is 4.79 Å². The Morgan fingerprint density at radius 1 is 0.974 bits per heavy atom. The number of hydrogen-bond acceptors (Lipinski definition) is 6. The topological polar surface area (TPSA) is 95.1 Å². The normalized spacial score (nSPS) is 11.9. The zero-order valence-electron chi connectivity index (χ0n) is 23.1. The summed E-state index contributed by atoms with van der Waals surface area (Å²) in [6.45, 7) is 7.43. The van der Waals surface area contributed by atoms with Crippen LogP contribution in [0.1, 0.15) is 44.9 Å². The van der Waals surface area contributed by atoms with Crippen LogP contribution >= 0.6 is 15.9 Å². The van der Waals surface area contributed by atoms with Crippen molar-refractivity contribution >= 4 is 33.6 Å². The molecule has 208 valence electrons. The van der Waals surface area contributed by atoms with Gasteiger partial charge in [-0.1, -0.05) is 36.4 Å². The van der Waals surface area contributed by atoms with Crippen LogP contribution in [-0.2, 0) is 20.9 Å². The van der Waals surface area contributed by atoms with E-state index >= 15 is 0 Å². The first-order valence-corrected chi connectivity index (χ1v) is 13.2. The molecule has 9 heteroatoms. The Labute approximate surface area is 238 Å². The minimum atomic E-state index is -0.667. The fourth-order valence-electron chi connectivity index (χ4n) is 3.92. The number of amides is 2.